The Labute approximate surface area is 103 Å². The van der Waals surface area contributed by atoms with Gasteiger partial charge in [-0.2, -0.15) is 0 Å². The van der Waals surface area contributed by atoms with Crippen LogP contribution < -0.4 is 11.1 Å². The van der Waals surface area contributed by atoms with Gasteiger partial charge in [-0.3, -0.25) is 4.79 Å². The number of nitrogens with two attached hydrogens (primary N) is 1. The number of amides is 1. The van der Waals surface area contributed by atoms with Crippen molar-refractivity contribution >= 4 is 11.9 Å². The quantitative estimate of drug-likeness (QED) is 0.652. The predicted octanol–water partition coefficient (Wildman–Crippen LogP) is 1.12. The fraction of sp³-hybridized carbons (Fsp3) is 0.833. The van der Waals surface area contributed by atoms with Crippen molar-refractivity contribution in [3.63, 3.8) is 0 Å². The second kappa shape index (κ2) is 6.59. The number of carbonyl (C=O) groups excluding carboxylic acids is 1. The van der Waals surface area contributed by atoms with Crippen LogP contribution >= 0.6 is 0 Å². The Kier molecular flexibility index (Phi) is 6.16. The average molecular weight is 244 g/mol. The first-order valence-electron chi connectivity index (χ1n) is 5.99. The topological polar surface area (TPSA) is 92.4 Å². The molecule has 0 bridgehead atoms. The molecular formula is C12H24N2O3. The molecule has 17 heavy (non-hydrogen) atoms. The minimum Gasteiger partial charge on any atom is -0.480 e. The van der Waals surface area contributed by atoms with Crippen molar-refractivity contribution in [2.24, 2.45) is 11.1 Å². The summed E-state index contributed by atoms with van der Waals surface area (Å²) in [7, 11) is 0. The summed E-state index contributed by atoms with van der Waals surface area (Å²) in [6, 6.07) is -1.54. The lowest BCUT2D eigenvalue weighted by Crippen LogP contribution is -2.53. The molecule has 0 heterocycles. The summed E-state index contributed by atoms with van der Waals surface area (Å²) in [5.41, 5.74) is 5.39. The van der Waals surface area contributed by atoms with Gasteiger partial charge in [0.2, 0.25) is 5.91 Å². The largest absolute Gasteiger partial charge is 0.480 e. The van der Waals surface area contributed by atoms with E-state index < -0.39 is 24.0 Å². The van der Waals surface area contributed by atoms with Crippen molar-refractivity contribution < 1.29 is 14.7 Å². The van der Waals surface area contributed by atoms with E-state index in [2.05, 4.69) is 5.32 Å². The zero-order valence-corrected chi connectivity index (χ0v) is 11.1. The zero-order chi connectivity index (χ0) is 13.6. The third-order valence-electron chi connectivity index (χ3n) is 2.68. The Hall–Kier alpha value is -1.10. The highest BCUT2D eigenvalue weighted by molar-refractivity contribution is 5.87. The van der Waals surface area contributed by atoms with Crippen LogP contribution in [0.15, 0.2) is 0 Å². The van der Waals surface area contributed by atoms with E-state index in [-0.39, 0.29) is 5.41 Å². The lowest BCUT2D eigenvalue weighted by Gasteiger charge is -2.27. The van der Waals surface area contributed by atoms with Crippen molar-refractivity contribution in [3.05, 3.63) is 0 Å². The van der Waals surface area contributed by atoms with Crippen LogP contribution in [0.2, 0.25) is 0 Å². The number of carboxylic acid groups (broad SMARTS) is 1. The van der Waals surface area contributed by atoms with Gasteiger partial charge in [-0.1, -0.05) is 40.5 Å². The minimum absolute atomic E-state index is 0.377. The first kappa shape index (κ1) is 15.9. The Balaban J connectivity index is 4.45. The van der Waals surface area contributed by atoms with E-state index >= 15 is 0 Å². The van der Waals surface area contributed by atoms with Crippen LogP contribution in [0.4, 0.5) is 0 Å². The Morgan fingerprint density at radius 2 is 1.88 bits per heavy atom. The van der Waals surface area contributed by atoms with E-state index in [9.17, 15) is 9.59 Å². The maximum atomic E-state index is 11.8. The number of nitrogens with one attached hydrogen (secondary N) is 1. The first-order chi connectivity index (χ1) is 7.70. The van der Waals surface area contributed by atoms with Crippen molar-refractivity contribution in [3.8, 4) is 0 Å². The number of carboxylic acids is 1. The molecule has 0 aliphatic heterocycles. The van der Waals surface area contributed by atoms with Crippen molar-refractivity contribution in [1.29, 1.82) is 0 Å². The Morgan fingerprint density at radius 1 is 1.35 bits per heavy atom. The maximum Gasteiger partial charge on any atom is 0.326 e. The third kappa shape index (κ3) is 5.68. The number of unbranched alkanes of at least 4 members (excludes halogenated alkanes) is 1. The first-order valence-corrected chi connectivity index (χ1v) is 5.99. The van der Waals surface area contributed by atoms with Gasteiger partial charge in [0.25, 0.3) is 0 Å². The molecule has 0 fully saturated rings. The summed E-state index contributed by atoms with van der Waals surface area (Å²) in [6.07, 6.45) is 2.10. The SMILES string of the molecule is CCCC[C@H](NC(=O)[C@H](N)C(C)(C)C)C(=O)O. The molecule has 1 amide bonds. The highest BCUT2D eigenvalue weighted by Gasteiger charge is 2.30. The van der Waals surface area contributed by atoms with Crippen LogP contribution in [-0.2, 0) is 9.59 Å². The fourth-order valence-corrected chi connectivity index (χ4v) is 1.32. The summed E-state index contributed by atoms with van der Waals surface area (Å²) in [4.78, 5) is 22.7. The van der Waals surface area contributed by atoms with Crippen molar-refractivity contribution in [1.82, 2.24) is 5.32 Å². The van der Waals surface area contributed by atoms with Gasteiger partial charge >= 0.3 is 5.97 Å². The molecule has 2 atom stereocenters. The molecule has 0 aromatic heterocycles. The normalized spacial score (nSPS) is 15.1. The van der Waals surface area contributed by atoms with Gasteiger partial charge < -0.3 is 16.2 Å². The lowest BCUT2D eigenvalue weighted by atomic mass is 9.86. The molecule has 100 valence electrons. The third-order valence-corrected chi connectivity index (χ3v) is 2.68. The fourth-order valence-electron chi connectivity index (χ4n) is 1.32. The van der Waals surface area contributed by atoms with Gasteiger partial charge in [0.1, 0.15) is 6.04 Å². The molecule has 0 aliphatic carbocycles. The maximum absolute atomic E-state index is 11.8. The van der Waals surface area contributed by atoms with E-state index in [1.54, 1.807) is 0 Å². The van der Waals surface area contributed by atoms with Gasteiger partial charge in [-0.25, -0.2) is 4.79 Å². The van der Waals surface area contributed by atoms with Gasteiger partial charge in [0, 0.05) is 0 Å². The highest BCUT2D eigenvalue weighted by Crippen LogP contribution is 2.17. The number of hydrogen-bond acceptors (Lipinski definition) is 3. The van der Waals surface area contributed by atoms with Crippen LogP contribution in [-0.4, -0.2) is 29.1 Å². The predicted molar refractivity (Wildman–Crippen MR) is 66.5 cm³/mol. The number of hydrogen-bond donors (Lipinski definition) is 3. The Morgan fingerprint density at radius 3 is 2.24 bits per heavy atom. The second-order valence-electron chi connectivity index (χ2n) is 5.39. The second-order valence-corrected chi connectivity index (χ2v) is 5.39. The van der Waals surface area contributed by atoms with E-state index in [1.165, 1.54) is 0 Å². The monoisotopic (exact) mass is 244 g/mol. The van der Waals surface area contributed by atoms with E-state index in [1.807, 2.05) is 27.7 Å². The van der Waals surface area contributed by atoms with Crippen LogP contribution in [0, 0.1) is 5.41 Å². The summed E-state index contributed by atoms with van der Waals surface area (Å²) >= 11 is 0. The molecule has 0 aliphatic rings. The standard InChI is InChI=1S/C12H24N2O3/c1-5-6-7-8(11(16)17)14-10(15)9(13)12(2,3)4/h8-9H,5-7,13H2,1-4H3,(H,14,15)(H,16,17)/t8-,9-/m0/s1. The van der Waals surface area contributed by atoms with Gasteiger partial charge in [-0.05, 0) is 11.8 Å². The molecule has 0 saturated carbocycles. The number of carbonyl (C=O) groups is 2. The van der Waals surface area contributed by atoms with Gasteiger partial charge in [0.05, 0.1) is 6.04 Å². The van der Waals surface area contributed by atoms with E-state index in [0.717, 1.165) is 12.8 Å². The summed E-state index contributed by atoms with van der Waals surface area (Å²) in [6.45, 7) is 7.51. The van der Waals surface area contributed by atoms with E-state index in [4.69, 9.17) is 10.8 Å². The molecule has 0 aromatic carbocycles. The minimum atomic E-state index is -1.01. The molecular weight excluding hydrogens is 220 g/mol. The molecule has 0 spiro atoms. The molecule has 0 rings (SSSR count). The number of rotatable bonds is 6. The molecule has 5 heteroatoms. The van der Waals surface area contributed by atoms with Gasteiger partial charge in [0.15, 0.2) is 0 Å². The zero-order valence-electron chi connectivity index (χ0n) is 11.1. The Bertz CT molecular complexity index is 271. The molecule has 4 N–H and O–H groups in total. The van der Waals surface area contributed by atoms with Crippen LogP contribution in [0.5, 0.6) is 0 Å². The van der Waals surface area contributed by atoms with Crippen LogP contribution in [0.1, 0.15) is 47.0 Å². The summed E-state index contributed by atoms with van der Waals surface area (Å²) < 4.78 is 0. The van der Waals surface area contributed by atoms with E-state index in [0.29, 0.717) is 6.42 Å². The lowest BCUT2D eigenvalue weighted by molar-refractivity contribution is -0.142. The van der Waals surface area contributed by atoms with Crippen molar-refractivity contribution in [2.75, 3.05) is 0 Å². The summed E-state index contributed by atoms with van der Waals surface area (Å²) in [5.74, 6) is -1.41. The summed E-state index contributed by atoms with van der Waals surface area (Å²) in [5, 5.41) is 11.5. The molecule has 5 nitrogen and oxygen atoms in total. The van der Waals surface area contributed by atoms with Crippen LogP contribution in [0.3, 0.4) is 0 Å². The average Bonchev–Trinajstić information content (AvgIpc) is 2.20. The molecule has 0 saturated heterocycles. The molecule has 0 unspecified atom stereocenters. The highest BCUT2D eigenvalue weighted by atomic mass is 16.4. The van der Waals surface area contributed by atoms with Crippen LogP contribution in [0.25, 0.3) is 0 Å². The smallest absolute Gasteiger partial charge is 0.326 e. The molecule has 0 aromatic rings. The van der Waals surface area contributed by atoms with Gasteiger partial charge in [-0.15, -0.1) is 0 Å². The number of aliphatic carboxylic acids is 1. The molecule has 0 radical (unpaired) electrons. The van der Waals surface area contributed by atoms with Crippen molar-refractivity contribution in [2.45, 2.75) is 59.0 Å².